The molecule has 0 radical (unpaired) electrons. The highest BCUT2D eigenvalue weighted by Gasteiger charge is 2.15. The second kappa shape index (κ2) is 6.50. The van der Waals surface area contributed by atoms with Crippen LogP contribution in [0.1, 0.15) is 20.1 Å². The number of carbonyl (C=O) groups excluding carboxylic acids is 1. The minimum Gasteiger partial charge on any atom is -0.490 e. The van der Waals surface area contributed by atoms with Crippen LogP contribution in [-0.2, 0) is 4.74 Å². The van der Waals surface area contributed by atoms with Crippen LogP contribution < -0.4 is 4.74 Å². The fourth-order valence-corrected chi connectivity index (χ4v) is 2.53. The number of thiophene rings is 1. The Kier molecular flexibility index (Phi) is 4.71. The molecule has 0 N–H and O–H groups in total. The molecule has 19 heavy (non-hydrogen) atoms. The summed E-state index contributed by atoms with van der Waals surface area (Å²) >= 11 is 1.50. The first kappa shape index (κ1) is 13.8. The zero-order chi connectivity index (χ0) is 13.7. The molecule has 2 rings (SSSR count). The van der Waals surface area contributed by atoms with E-state index in [-0.39, 0.29) is 5.78 Å². The largest absolute Gasteiger partial charge is 0.490 e. The van der Waals surface area contributed by atoms with Crippen LogP contribution in [-0.4, -0.2) is 26.1 Å². The lowest BCUT2D eigenvalue weighted by atomic mass is 10.1. The summed E-state index contributed by atoms with van der Waals surface area (Å²) in [6, 6.07) is 11.1. The summed E-state index contributed by atoms with van der Waals surface area (Å²) in [7, 11) is 1.62. The molecule has 0 atom stereocenters. The molecule has 3 nitrogen and oxygen atoms in total. The monoisotopic (exact) mass is 276 g/mol. The van der Waals surface area contributed by atoms with Gasteiger partial charge in [0.1, 0.15) is 12.4 Å². The maximum absolute atomic E-state index is 12.4. The molecule has 0 aliphatic rings. The fourth-order valence-electron chi connectivity index (χ4n) is 1.70. The first-order valence-electron chi connectivity index (χ1n) is 6.04. The average Bonchev–Trinajstić information content (AvgIpc) is 2.85. The van der Waals surface area contributed by atoms with Crippen LogP contribution in [0.5, 0.6) is 5.75 Å². The van der Waals surface area contributed by atoms with Crippen molar-refractivity contribution in [3.63, 3.8) is 0 Å². The molecular weight excluding hydrogens is 260 g/mol. The normalized spacial score (nSPS) is 10.4. The Labute approximate surface area is 116 Å². The predicted octanol–water partition coefficient (Wildman–Crippen LogP) is 3.31. The zero-order valence-corrected chi connectivity index (χ0v) is 11.8. The van der Waals surface area contributed by atoms with Crippen LogP contribution in [0.25, 0.3) is 0 Å². The van der Waals surface area contributed by atoms with Gasteiger partial charge in [-0.25, -0.2) is 0 Å². The van der Waals surface area contributed by atoms with E-state index in [9.17, 15) is 4.79 Å². The molecule has 0 aliphatic heterocycles. The smallest absolute Gasteiger partial charge is 0.206 e. The van der Waals surface area contributed by atoms with Crippen LogP contribution in [0.15, 0.2) is 36.4 Å². The Bertz CT molecular complexity index is 560. The molecule has 0 saturated carbocycles. The van der Waals surface area contributed by atoms with Gasteiger partial charge in [-0.1, -0.05) is 12.1 Å². The van der Waals surface area contributed by atoms with E-state index in [4.69, 9.17) is 9.47 Å². The third-order valence-electron chi connectivity index (χ3n) is 2.64. The Balaban J connectivity index is 2.21. The summed E-state index contributed by atoms with van der Waals surface area (Å²) < 4.78 is 10.5. The Morgan fingerprint density at radius 1 is 1.16 bits per heavy atom. The van der Waals surface area contributed by atoms with Crippen molar-refractivity contribution in [1.29, 1.82) is 0 Å². The maximum Gasteiger partial charge on any atom is 0.206 e. The van der Waals surface area contributed by atoms with Crippen LogP contribution in [0, 0.1) is 6.92 Å². The topological polar surface area (TPSA) is 35.5 Å². The van der Waals surface area contributed by atoms with Gasteiger partial charge in [0.15, 0.2) is 0 Å². The van der Waals surface area contributed by atoms with Gasteiger partial charge in [0, 0.05) is 12.0 Å². The lowest BCUT2D eigenvalue weighted by molar-refractivity contribution is 0.103. The van der Waals surface area contributed by atoms with Gasteiger partial charge in [-0.2, -0.15) is 0 Å². The second-order valence-corrected chi connectivity index (χ2v) is 5.36. The highest BCUT2D eigenvalue weighted by Crippen LogP contribution is 2.25. The Morgan fingerprint density at radius 2 is 1.95 bits per heavy atom. The molecule has 0 amide bonds. The van der Waals surface area contributed by atoms with Crippen LogP contribution >= 0.6 is 11.3 Å². The number of hydrogen-bond acceptors (Lipinski definition) is 4. The quantitative estimate of drug-likeness (QED) is 0.600. The van der Waals surface area contributed by atoms with E-state index in [1.54, 1.807) is 13.2 Å². The standard InChI is InChI=1S/C15H16O3S/c1-11-7-8-14(19-11)15(16)12-5-3-4-6-13(12)18-10-9-17-2/h3-8H,9-10H2,1-2H3. The van der Waals surface area contributed by atoms with Gasteiger partial charge in [-0.05, 0) is 31.2 Å². The third kappa shape index (κ3) is 3.43. The van der Waals surface area contributed by atoms with Crippen molar-refractivity contribution >= 4 is 17.1 Å². The molecule has 1 heterocycles. The lowest BCUT2D eigenvalue weighted by Gasteiger charge is -2.09. The van der Waals surface area contributed by atoms with E-state index in [1.807, 2.05) is 37.3 Å². The second-order valence-electron chi connectivity index (χ2n) is 4.08. The van der Waals surface area contributed by atoms with Crippen molar-refractivity contribution < 1.29 is 14.3 Å². The Hall–Kier alpha value is -1.65. The van der Waals surface area contributed by atoms with Gasteiger partial charge in [0.05, 0.1) is 17.0 Å². The van der Waals surface area contributed by atoms with E-state index >= 15 is 0 Å². The molecule has 0 bridgehead atoms. The molecule has 0 unspecified atom stereocenters. The molecule has 1 aromatic heterocycles. The molecule has 0 fully saturated rings. The van der Waals surface area contributed by atoms with Crippen LogP contribution in [0.2, 0.25) is 0 Å². The molecule has 0 spiro atoms. The number of ketones is 1. The van der Waals surface area contributed by atoms with E-state index in [0.29, 0.717) is 24.5 Å². The molecular formula is C15H16O3S. The molecule has 4 heteroatoms. The van der Waals surface area contributed by atoms with Crippen molar-refractivity contribution in [2.75, 3.05) is 20.3 Å². The number of ether oxygens (including phenoxy) is 2. The van der Waals surface area contributed by atoms with Crippen molar-refractivity contribution in [3.05, 3.63) is 51.7 Å². The zero-order valence-electron chi connectivity index (χ0n) is 11.0. The fraction of sp³-hybridized carbons (Fsp3) is 0.267. The van der Waals surface area contributed by atoms with E-state index in [2.05, 4.69) is 0 Å². The van der Waals surface area contributed by atoms with E-state index in [0.717, 1.165) is 9.75 Å². The summed E-state index contributed by atoms with van der Waals surface area (Å²) in [6.07, 6.45) is 0. The predicted molar refractivity (Wildman–Crippen MR) is 76.3 cm³/mol. The third-order valence-corrected chi connectivity index (χ3v) is 3.64. The van der Waals surface area contributed by atoms with Gasteiger partial charge in [-0.3, -0.25) is 4.79 Å². The number of benzene rings is 1. The van der Waals surface area contributed by atoms with Gasteiger partial charge >= 0.3 is 0 Å². The summed E-state index contributed by atoms with van der Waals surface area (Å²) in [5.74, 6) is 0.613. The number of hydrogen-bond donors (Lipinski definition) is 0. The van der Waals surface area contributed by atoms with E-state index < -0.39 is 0 Å². The minimum atomic E-state index is 0.00566. The van der Waals surface area contributed by atoms with Gasteiger partial charge in [-0.15, -0.1) is 11.3 Å². The van der Waals surface area contributed by atoms with Crippen LogP contribution in [0.3, 0.4) is 0 Å². The maximum atomic E-state index is 12.4. The molecule has 100 valence electrons. The molecule has 0 saturated heterocycles. The summed E-state index contributed by atoms with van der Waals surface area (Å²) in [5, 5.41) is 0. The minimum absolute atomic E-state index is 0.00566. The average molecular weight is 276 g/mol. The van der Waals surface area contributed by atoms with Crippen molar-refractivity contribution in [2.45, 2.75) is 6.92 Å². The molecule has 0 aliphatic carbocycles. The molecule has 2 aromatic rings. The first-order chi connectivity index (χ1) is 9.22. The number of carbonyl (C=O) groups is 1. The van der Waals surface area contributed by atoms with Crippen molar-refractivity contribution in [1.82, 2.24) is 0 Å². The summed E-state index contributed by atoms with van der Waals surface area (Å²) in [4.78, 5) is 14.3. The van der Waals surface area contributed by atoms with Crippen molar-refractivity contribution in [2.24, 2.45) is 0 Å². The number of methoxy groups -OCH3 is 1. The molecule has 1 aromatic carbocycles. The number of para-hydroxylation sites is 1. The van der Waals surface area contributed by atoms with Gasteiger partial charge < -0.3 is 9.47 Å². The highest BCUT2D eigenvalue weighted by molar-refractivity contribution is 7.14. The van der Waals surface area contributed by atoms with Gasteiger partial charge in [0.2, 0.25) is 5.78 Å². The van der Waals surface area contributed by atoms with Gasteiger partial charge in [0.25, 0.3) is 0 Å². The summed E-state index contributed by atoms with van der Waals surface area (Å²) in [5.41, 5.74) is 0.598. The highest BCUT2D eigenvalue weighted by atomic mass is 32.1. The SMILES string of the molecule is COCCOc1ccccc1C(=O)c1ccc(C)s1. The Morgan fingerprint density at radius 3 is 2.63 bits per heavy atom. The summed E-state index contributed by atoms with van der Waals surface area (Å²) in [6.45, 7) is 2.92. The van der Waals surface area contributed by atoms with Crippen molar-refractivity contribution in [3.8, 4) is 5.75 Å². The number of aryl methyl sites for hydroxylation is 1. The van der Waals surface area contributed by atoms with Crippen LogP contribution in [0.4, 0.5) is 0 Å². The number of rotatable bonds is 6. The van der Waals surface area contributed by atoms with E-state index in [1.165, 1.54) is 11.3 Å². The lowest BCUT2D eigenvalue weighted by Crippen LogP contribution is -2.08. The first-order valence-corrected chi connectivity index (χ1v) is 6.86.